The molecule has 4 rings (SSSR count). The third-order valence-corrected chi connectivity index (χ3v) is 6.45. The minimum Gasteiger partial charge on any atom is -0.481 e. The lowest BCUT2D eigenvalue weighted by molar-refractivity contribution is -0.149. The Morgan fingerprint density at radius 3 is 3.00 bits per heavy atom. The SMILES string of the molecule is O=C(c1csc(Cc2cccc(F)c2)n1)N1C[C@@H]2CCC[C@@]2(C(=O)O)C1. The molecular formula is C19H19FN2O3S. The standard InChI is InChI=1S/C19H19FN2O3S/c20-14-5-1-3-12(7-14)8-16-21-15(10-26-16)17(23)22-9-13-4-2-6-19(13,11-22)18(24)25/h1,3,5,7,10,13H,2,4,6,8-9,11H2,(H,24,25)/t13-,19+/m0/s1. The van der Waals surface area contributed by atoms with Gasteiger partial charge < -0.3 is 10.0 Å². The summed E-state index contributed by atoms with van der Waals surface area (Å²) in [4.78, 5) is 30.6. The number of carboxylic acids is 1. The zero-order valence-electron chi connectivity index (χ0n) is 14.2. The van der Waals surface area contributed by atoms with Crippen molar-refractivity contribution in [2.75, 3.05) is 13.1 Å². The third-order valence-electron chi connectivity index (χ3n) is 5.60. The summed E-state index contributed by atoms with van der Waals surface area (Å²) in [6.45, 7) is 0.754. The predicted octanol–water partition coefficient (Wildman–Crippen LogP) is 3.20. The van der Waals surface area contributed by atoms with Crippen LogP contribution in [0.15, 0.2) is 29.6 Å². The number of hydrogen-bond donors (Lipinski definition) is 1. The Morgan fingerprint density at radius 1 is 1.42 bits per heavy atom. The van der Waals surface area contributed by atoms with Gasteiger partial charge in [-0.25, -0.2) is 9.37 Å². The van der Waals surface area contributed by atoms with Gasteiger partial charge in [-0.05, 0) is 36.5 Å². The average molecular weight is 374 g/mol. The van der Waals surface area contributed by atoms with E-state index in [1.807, 2.05) is 6.07 Å². The highest BCUT2D eigenvalue weighted by Crippen LogP contribution is 2.49. The number of benzene rings is 1. The highest BCUT2D eigenvalue weighted by atomic mass is 32.1. The summed E-state index contributed by atoms with van der Waals surface area (Å²) in [5.74, 6) is -1.26. The fourth-order valence-electron chi connectivity index (χ4n) is 4.27. The number of hydrogen-bond acceptors (Lipinski definition) is 4. The number of aromatic nitrogens is 1. The maximum absolute atomic E-state index is 13.3. The summed E-state index contributed by atoms with van der Waals surface area (Å²) in [6.07, 6.45) is 2.88. The van der Waals surface area contributed by atoms with E-state index in [0.29, 0.717) is 25.1 Å². The van der Waals surface area contributed by atoms with E-state index < -0.39 is 11.4 Å². The van der Waals surface area contributed by atoms with Gasteiger partial charge in [-0.2, -0.15) is 0 Å². The lowest BCUT2D eigenvalue weighted by atomic mass is 9.81. The van der Waals surface area contributed by atoms with Crippen molar-refractivity contribution in [3.63, 3.8) is 0 Å². The molecule has 136 valence electrons. The Morgan fingerprint density at radius 2 is 2.27 bits per heavy atom. The molecule has 0 spiro atoms. The zero-order valence-corrected chi connectivity index (χ0v) is 15.0. The van der Waals surface area contributed by atoms with E-state index in [2.05, 4.69) is 4.98 Å². The van der Waals surface area contributed by atoms with Crippen molar-refractivity contribution in [2.24, 2.45) is 11.3 Å². The van der Waals surface area contributed by atoms with E-state index in [-0.39, 0.29) is 24.2 Å². The molecule has 0 radical (unpaired) electrons. The number of carboxylic acid groups (broad SMARTS) is 1. The van der Waals surface area contributed by atoms with Crippen LogP contribution in [0.2, 0.25) is 0 Å². The fraction of sp³-hybridized carbons (Fsp3) is 0.421. The molecule has 1 saturated heterocycles. The summed E-state index contributed by atoms with van der Waals surface area (Å²) in [7, 11) is 0. The molecule has 1 saturated carbocycles. The topological polar surface area (TPSA) is 70.5 Å². The van der Waals surface area contributed by atoms with E-state index >= 15 is 0 Å². The van der Waals surface area contributed by atoms with Gasteiger partial charge in [0.1, 0.15) is 11.5 Å². The van der Waals surface area contributed by atoms with Gasteiger partial charge >= 0.3 is 5.97 Å². The Balaban J connectivity index is 1.48. The normalized spacial score (nSPS) is 24.7. The molecule has 2 heterocycles. The van der Waals surface area contributed by atoms with Crippen molar-refractivity contribution in [2.45, 2.75) is 25.7 Å². The van der Waals surface area contributed by atoms with Gasteiger partial charge in [0.15, 0.2) is 0 Å². The number of likely N-dealkylation sites (tertiary alicyclic amines) is 1. The molecular weight excluding hydrogens is 355 g/mol. The van der Waals surface area contributed by atoms with Crippen LogP contribution in [-0.2, 0) is 11.2 Å². The van der Waals surface area contributed by atoms with Crippen LogP contribution in [0.4, 0.5) is 4.39 Å². The van der Waals surface area contributed by atoms with E-state index in [1.54, 1.807) is 16.3 Å². The van der Waals surface area contributed by atoms with Crippen LogP contribution < -0.4 is 0 Å². The largest absolute Gasteiger partial charge is 0.481 e. The molecule has 1 aliphatic heterocycles. The van der Waals surface area contributed by atoms with Crippen LogP contribution in [0.25, 0.3) is 0 Å². The molecule has 26 heavy (non-hydrogen) atoms. The number of halogens is 1. The first kappa shape index (κ1) is 17.1. The summed E-state index contributed by atoms with van der Waals surface area (Å²) < 4.78 is 13.3. The molecule has 7 heteroatoms. The van der Waals surface area contributed by atoms with Crippen molar-refractivity contribution in [1.29, 1.82) is 0 Å². The van der Waals surface area contributed by atoms with E-state index in [4.69, 9.17) is 0 Å². The van der Waals surface area contributed by atoms with Gasteiger partial charge in [-0.1, -0.05) is 18.6 Å². The van der Waals surface area contributed by atoms with Crippen LogP contribution in [0.1, 0.15) is 40.3 Å². The van der Waals surface area contributed by atoms with Crippen molar-refractivity contribution in [1.82, 2.24) is 9.88 Å². The summed E-state index contributed by atoms with van der Waals surface area (Å²) in [5.41, 5.74) is 0.372. The number of aliphatic carboxylic acids is 1. The van der Waals surface area contributed by atoms with Crippen LogP contribution >= 0.6 is 11.3 Å². The highest BCUT2D eigenvalue weighted by molar-refractivity contribution is 7.09. The summed E-state index contributed by atoms with van der Waals surface area (Å²) >= 11 is 1.37. The van der Waals surface area contributed by atoms with Gasteiger partial charge in [-0.3, -0.25) is 9.59 Å². The molecule has 1 aliphatic carbocycles. The Kier molecular flexibility index (Phi) is 4.26. The van der Waals surface area contributed by atoms with Crippen LogP contribution in [-0.4, -0.2) is 40.0 Å². The number of amides is 1. The van der Waals surface area contributed by atoms with Gasteiger partial charge in [0.2, 0.25) is 0 Å². The molecule has 5 nitrogen and oxygen atoms in total. The number of carbonyl (C=O) groups is 2. The zero-order chi connectivity index (χ0) is 18.3. The van der Waals surface area contributed by atoms with Crippen LogP contribution in [0, 0.1) is 17.2 Å². The van der Waals surface area contributed by atoms with Crippen LogP contribution in [0.5, 0.6) is 0 Å². The molecule has 1 amide bonds. The first-order valence-corrected chi connectivity index (χ1v) is 9.57. The Hall–Kier alpha value is -2.28. The van der Waals surface area contributed by atoms with Gasteiger partial charge in [0.25, 0.3) is 5.91 Å². The number of fused-ring (bicyclic) bond motifs is 1. The lowest BCUT2D eigenvalue weighted by Crippen LogP contribution is -2.37. The monoisotopic (exact) mass is 374 g/mol. The molecule has 2 aliphatic rings. The smallest absolute Gasteiger partial charge is 0.311 e. The molecule has 2 atom stereocenters. The second-order valence-corrected chi connectivity index (χ2v) is 8.11. The second kappa shape index (κ2) is 6.46. The molecule has 0 unspecified atom stereocenters. The van der Waals surface area contributed by atoms with Gasteiger partial charge in [-0.15, -0.1) is 11.3 Å². The molecule has 0 bridgehead atoms. The van der Waals surface area contributed by atoms with E-state index in [0.717, 1.165) is 23.4 Å². The number of nitrogens with zero attached hydrogens (tertiary/aromatic N) is 2. The predicted molar refractivity (Wildman–Crippen MR) is 94.6 cm³/mol. The number of rotatable bonds is 4. The highest BCUT2D eigenvalue weighted by Gasteiger charge is 2.55. The molecule has 1 aromatic heterocycles. The first-order valence-electron chi connectivity index (χ1n) is 8.69. The van der Waals surface area contributed by atoms with E-state index in [9.17, 15) is 19.1 Å². The molecule has 2 aromatic rings. The maximum Gasteiger partial charge on any atom is 0.311 e. The average Bonchev–Trinajstić information content (AvgIpc) is 3.28. The fourth-order valence-corrected chi connectivity index (χ4v) is 5.07. The number of carbonyl (C=O) groups excluding carboxylic acids is 1. The van der Waals surface area contributed by atoms with Crippen molar-refractivity contribution < 1.29 is 19.1 Å². The number of thiazole rings is 1. The Labute approximate surface area is 154 Å². The third kappa shape index (κ3) is 2.90. The maximum atomic E-state index is 13.3. The van der Waals surface area contributed by atoms with Crippen LogP contribution in [0.3, 0.4) is 0 Å². The van der Waals surface area contributed by atoms with Gasteiger partial charge in [0, 0.05) is 24.9 Å². The first-order chi connectivity index (χ1) is 12.5. The van der Waals surface area contributed by atoms with E-state index in [1.165, 1.54) is 23.5 Å². The second-order valence-electron chi connectivity index (χ2n) is 7.17. The Bertz CT molecular complexity index is 868. The van der Waals surface area contributed by atoms with Crippen molar-refractivity contribution in [3.8, 4) is 0 Å². The minimum absolute atomic E-state index is 0.0364. The van der Waals surface area contributed by atoms with Crippen molar-refractivity contribution in [3.05, 3.63) is 51.7 Å². The quantitative estimate of drug-likeness (QED) is 0.892. The van der Waals surface area contributed by atoms with Crippen molar-refractivity contribution >= 4 is 23.2 Å². The van der Waals surface area contributed by atoms with Gasteiger partial charge in [0.05, 0.1) is 10.4 Å². The summed E-state index contributed by atoms with van der Waals surface area (Å²) in [5, 5.41) is 12.1. The minimum atomic E-state index is -0.791. The lowest BCUT2D eigenvalue weighted by Gasteiger charge is -2.23. The molecule has 1 aromatic carbocycles. The molecule has 2 fully saturated rings. The molecule has 1 N–H and O–H groups in total. The summed E-state index contributed by atoms with van der Waals surface area (Å²) in [6, 6.07) is 6.33.